The molecule has 5 heteroatoms. The first kappa shape index (κ1) is 15.1. The molecule has 0 radical (unpaired) electrons. The normalized spacial score (nSPS) is 19.5. The zero-order chi connectivity index (χ0) is 11.4. The standard InChI is InChI=1S/C12H15BrClNO.ClH/c13-10-3-4-12(11(14)6-10)16-8-9-2-1-5-15-7-9;/h3-4,6,9,15H,1-2,5,7-8H2;1H. The first-order chi connectivity index (χ1) is 7.75. The highest BCUT2D eigenvalue weighted by molar-refractivity contribution is 9.10. The molecule has 1 aromatic carbocycles. The second-order valence-electron chi connectivity index (χ2n) is 4.10. The molecule has 96 valence electrons. The van der Waals surface area contributed by atoms with Gasteiger partial charge >= 0.3 is 0 Å². The number of hydrogen-bond donors (Lipinski definition) is 1. The van der Waals surface area contributed by atoms with Gasteiger partial charge in [-0.25, -0.2) is 0 Å². The monoisotopic (exact) mass is 339 g/mol. The Morgan fingerprint density at radius 1 is 1.47 bits per heavy atom. The second kappa shape index (κ2) is 7.47. The van der Waals surface area contributed by atoms with E-state index in [1.54, 1.807) is 0 Å². The molecule has 2 nitrogen and oxygen atoms in total. The van der Waals surface area contributed by atoms with Gasteiger partial charge in [-0.3, -0.25) is 0 Å². The van der Waals surface area contributed by atoms with Gasteiger partial charge in [0.05, 0.1) is 11.6 Å². The van der Waals surface area contributed by atoms with Crippen molar-refractivity contribution in [2.75, 3.05) is 19.7 Å². The molecular weight excluding hydrogens is 325 g/mol. The molecule has 0 saturated carbocycles. The molecule has 1 aliphatic heterocycles. The van der Waals surface area contributed by atoms with Crippen molar-refractivity contribution in [3.8, 4) is 5.75 Å². The predicted octanol–water partition coefficient (Wildman–Crippen LogP) is 3.90. The lowest BCUT2D eigenvalue weighted by Gasteiger charge is -2.23. The molecule has 0 spiro atoms. The maximum absolute atomic E-state index is 6.08. The molecule has 1 N–H and O–H groups in total. The summed E-state index contributed by atoms with van der Waals surface area (Å²) in [6.07, 6.45) is 2.48. The molecule has 1 atom stereocenters. The highest BCUT2D eigenvalue weighted by Gasteiger charge is 2.14. The average Bonchev–Trinajstić information content (AvgIpc) is 2.29. The molecule has 1 saturated heterocycles. The van der Waals surface area contributed by atoms with Crippen LogP contribution >= 0.6 is 39.9 Å². The number of rotatable bonds is 3. The third kappa shape index (κ3) is 4.66. The minimum atomic E-state index is 0. The predicted molar refractivity (Wildman–Crippen MR) is 77.5 cm³/mol. The van der Waals surface area contributed by atoms with Crippen molar-refractivity contribution < 1.29 is 4.74 Å². The highest BCUT2D eigenvalue weighted by Crippen LogP contribution is 2.28. The molecule has 1 unspecified atom stereocenters. The molecule has 0 aliphatic carbocycles. The molecule has 1 fully saturated rings. The highest BCUT2D eigenvalue weighted by atomic mass is 79.9. The molecule has 1 aromatic rings. The minimum absolute atomic E-state index is 0. The summed E-state index contributed by atoms with van der Waals surface area (Å²) in [6, 6.07) is 5.71. The van der Waals surface area contributed by atoms with Crippen LogP contribution in [0, 0.1) is 5.92 Å². The Balaban J connectivity index is 0.00000144. The van der Waals surface area contributed by atoms with Crippen LogP contribution in [0.5, 0.6) is 5.75 Å². The SMILES string of the molecule is Cl.Clc1cc(Br)ccc1OCC1CCCNC1. The first-order valence-corrected chi connectivity index (χ1v) is 6.71. The Morgan fingerprint density at radius 2 is 2.29 bits per heavy atom. The molecule has 1 heterocycles. The third-order valence-corrected chi connectivity index (χ3v) is 3.56. The van der Waals surface area contributed by atoms with Gasteiger partial charge < -0.3 is 10.1 Å². The lowest BCUT2D eigenvalue weighted by molar-refractivity contribution is 0.218. The lowest BCUT2D eigenvalue weighted by Crippen LogP contribution is -2.33. The van der Waals surface area contributed by atoms with E-state index in [9.17, 15) is 0 Å². The Bertz CT molecular complexity index is 356. The smallest absolute Gasteiger partial charge is 0.137 e. The van der Waals surface area contributed by atoms with Crippen LogP contribution in [-0.4, -0.2) is 19.7 Å². The molecule has 0 bridgehead atoms. The molecule has 0 aromatic heterocycles. The van der Waals surface area contributed by atoms with Gasteiger partial charge in [0.25, 0.3) is 0 Å². The van der Waals surface area contributed by atoms with E-state index in [4.69, 9.17) is 16.3 Å². The average molecular weight is 341 g/mol. The molecule has 17 heavy (non-hydrogen) atoms. The third-order valence-electron chi connectivity index (χ3n) is 2.77. The second-order valence-corrected chi connectivity index (χ2v) is 5.42. The van der Waals surface area contributed by atoms with Crippen molar-refractivity contribution in [1.82, 2.24) is 5.32 Å². The molecule has 0 amide bonds. The molecule has 1 aliphatic rings. The van der Waals surface area contributed by atoms with E-state index in [0.29, 0.717) is 10.9 Å². The number of hydrogen-bond acceptors (Lipinski definition) is 2. The van der Waals surface area contributed by atoms with Crippen LogP contribution in [0.4, 0.5) is 0 Å². The number of benzene rings is 1. The van der Waals surface area contributed by atoms with Gasteiger partial charge in [0.1, 0.15) is 5.75 Å². The first-order valence-electron chi connectivity index (χ1n) is 5.54. The summed E-state index contributed by atoms with van der Waals surface area (Å²) in [6.45, 7) is 2.93. The van der Waals surface area contributed by atoms with Crippen LogP contribution in [-0.2, 0) is 0 Å². The number of piperidine rings is 1. The number of halogens is 3. The van der Waals surface area contributed by atoms with E-state index >= 15 is 0 Å². The largest absolute Gasteiger partial charge is 0.492 e. The summed E-state index contributed by atoms with van der Waals surface area (Å²) in [5.74, 6) is 1.38. The number of nitrogens with one attached hydrogen (secondary N) is 1. The quantitative estimate of drug-likeness (QED) is 0.900. The Kier molecular flexibility index (Phi) is 6.63. The van der Waals surface area contributed by atoms with Crippen molar-refractivity contribution in [2.45, 2.75) is 12.8 Å². The van der Waals surface area contributed by atoms with Gasteiger partial charge in [-0.2, -0.15) is 0 Å². The summed E-state index contributed by atoms with van der Waals surface area (Å²) in [5, 5.41) is 4.04. The fourth-order valence-electron chi connectivity index (χ4n) is 1.87. The van der Waals surface area contributed by atoms with Crippen molar-refractivity contribution in [3.63, 3.8) is 0 Å². The summed E-state index contributed by atoms with van der Waals surface area (Å²) >= 11 is 9.45. The Morgan fingerprint density at radius 3 is 2.94 bits per heavy atom. The van der Waals surface area contributed by atoms with E-state index in [0.717, 1.165) is 29.9 Å². The van der Waals surface area contributed by atoms with Gasteiger partial charge in [0.2, 0.25) is 0 Å². The van der Waals surface area contributed by atoms with Crippen LogP contribution in [0.1, 0.15) is 12.8 Å². The van der Waals surface area contributed by atoms with Gasteiger partial charge in [-0.1, -0.05) is 27.5 Å². The van der Waals surface area contributed by atoms with Crippen molar-refractivity contribution in [2.24, 2.45) is 5.92 Å². The van der Waals surface area contributed by atoms with Crippen LogP contribution in [0.25, 0.3) is 0 Å². The van der Waals surface area contributed by atoms with E-state index in [-0.39, 0.29) is 12.4 Å². The van der Waals surface area contributed by atoms with Crippen molar-refractivity contribution >= 4 is 39.9 Å². The summed E-state index contributed by atoms with van der Waals surface area (Å²) in [7, 11) is 0. The van der Waals surface area contributed by atoms with Crippen LogP contribution in [0.2, 0.25) is 5.02 Å². The Hall–Kier alpha value is 0.0400. The molecule has 2 rings (SSSR count). The lowest BCUT2D eigenvalue weighted by atomic mass is 10.0. The number of ether oxygens (including phenoxy) is 1. The van der Waals surface area contributed by atoms with Gasteiger partial charge in [0.15, 0.2) is 0 Å². The summed E-state index contributed by atoms with van der Waals surface area (Å²) in [5.41, 5.74) is 0. The van der Waals surface area contributed by atoms with Crippen molar-refractivity contribution in [3.05, 3.63) is 27.7 Å². The van der Waals surface area contributed by atoms with Gasteiger partial charge in [-0.15, -0.1) is 12.4 Å². The maximum Gasteiger partial charge on any atom is 0.137 e. The van der Waals surface area contributed by atoms with E-state index in [1.807, 2.05) is 18.2 Å². The van der Waals surface area contributed by atoms with Crippen LogP contribution in [0.3, 0.4) is 0 Å². The van der Waals surface area contributed by atoms with Crippen LogP contribution in [0.15, 0.2) is 22.7 Å². The fourth-order valence-corrected chi connectivity index (χ4v) is 2.59. The minimum Gasteiger partial charge on any atom is -0.492 e. The van der Waals surface area contributed by atoms with Gasteiger partial charge in [0, 0.05) is 16.9 Å². The topological polar surface area (TPSA) is 21.3 Å². The van der Waals surface area contributed by atoms with Gasteiger partial charge in [-0.05, 0) is 37.6 Å². The maximum atomic E-state index is 6.08. The van der Waals surface area contributed by atoms with E-state index in [2.05, 4.69) is 21.2 Å². The fraction of sp³-hybridized carbons (Fsp3) is 0.500. The summed E-state index contributed by atoms with van der Waals surface area (Å²) < 4.78 is 6.71. The zero-order valence-corrected chi connectivity index (χ0v) is 12.6. The summed E-state index contributed by atoms with van der Waals surface area (Å²) in [4.78, 5) is 0. The van der Waals surface area contributed by atoms with Crippen LogP contribution < -0.4 is 10.1 Å². The molecular formula is C12H16BrCl2NO. The van der Waals surface area contributed by atoms with E-state index < -0.39 is 0 Å². The Labute approximate surface area is 122 Å². The van der Waals surface area contributed by atoms with Crippen molar-refractivity contribution in [1.29, 1.82) is 0 Å². The van der Waals surface area contributed by atoms with E-state index in [1.165, 1.54) is 12.8 Å². The zero-order valence-electron chi connectivity index (χ0n) is 9.42.